The first-order valence-electron chi connectivity index (χ1n) is 7.69. The lowest BCUT2D eigenvalue weighted by atomic mass is 10.2. The maximum Gasteiger partial charge on any atom is 0.257 e. The molecule has 0 saturated carbocycles. The summed E-state index contributed by atoms with van der Waals surface area (Å²) in [7, 11) is 1.61. The van der Waals surface area contributed by atoms with Crippen molar-refractivity contribution in [2.24, 2.45) is 0 Å². The van der Waals surface area contributed by atoms with Crippen LogP contribution in [0.1, 0.15) is 23.6 Å². The predicted molar refractivity (Wildman–Crippen MR) is 92.5 cm³/mol. The van der Waals surface area contributed by atoms with Gasteiger partial charge in [-0.25, -0.2) is 4.98 Å². The van der Waals surface area contributed by atoms with Gasteiger partial charge >= 0.3 is 0 Å². The molecule has 1 unspecified atom stereocenters. The van der Waals surface area contributed by atoms with Crippen molar-refractivity contribution in [3.63, 3.8) is 0 Å². The van der Waals surface area contributed by atoms with E-state index in [1.807, 2.05) is 24.3 Å². The standard InChI is InChI=1S/C17H19N3O3S/c1-11-8-19-17-20(16(11)22)13(10-24-17)7-15(21)18-9-12-4-3-5-14(6-12)23-2/h3-6,8,13H,7,9-10H2,1-2H3,(H,18,21). The summed E-state index contributed by atoms with van der Waals surface area (Å²) in [5.41, 5.74) is 1.51. The molecule has 1 atom stereocenters. The van der Waals surface area contributed by atoms with Crippen LogP contribution in [0.15, 0.2) is 40.4 Å². The topological polar surface area (TPSA) is 73.2 Å². The van der Waals surface area contributed by atoms with Crippen molar-refractivity contribution in [1.29, 1.82) is 0 Å². The minimum absolute atomic E-state index is 0.0596. The monoisotopic (exact) mass is 345 g/mol. The molecule has 0 fully saturated rings. The first-order chi connectivity index (χ1) is 11.6. The Kier molecular flexibility index (Phi) is 4.89. The van der Waals surface area contributed by atoms with E-state index >= 15 is 0 Å². The Morgan fingerprint density at radius 1 is 1.50 bits per heavy atom. The minimum atomic E-state index is -0.143. The second-order valence-electron chi connectivity index (χ2n) is 5.70. The van der Waals surface area contributed by atoms with Crippen molar-refractivity contribution < 1.29 is 9.53 Å². The third kappa shape index (κ3) is 3.46. The first kappa shape index (κ1) is 16.6. The average molecular weight is 345 g/mol. The molecule has 2 aromatic rings. The molecular formula is C17H19N3O3S. The number of ether oxygens (including phenoxy) is 1. The number of thioether (sulfide) groups is 1. The Bertz CT molecular complexity index is 819. The van der Waals surface area contributed by atoms with Gasteiger partial charge in [0, 0.05) is 30.5 Å². The lowest BCUT2D eigenvalue weighted by Gasteiger charge is -2.13. The molecule has 0 aliphatic carbocycles. The summed E-state index contributed by atoms with van der Waals surface area (Å²) in [6.45, 7) is 2.18. The van der Waals surface area contributed by atoms with Gasteiger partial charge in [0.15, 0.2) is 5.16 Å². The van der Waals surface area contributed by atoms with E-state index in [0.29, 0.717) is 23.0 Å². The van der Waals surface area contributed by atoms with Crippen LogP contribution in [0.2, 0.25) is 0 Å². The molecule has 0 spiro atoms. The van der Waals surface area contributed by atoms with Crippen LogP contribution in [0.3, 0.4) is 0 Å². The van der Waals surface area contributed by atoms with Crippen molar-refractivity contribution >= 4 is 17.7 Å². The van der Waals surface area contributed by atoms with E-state index in [-0.39, 0.29) is 23.9 Å². The van der Waals surface area contributed by atoms with Gasteiger partial charge in [-0.05, 0) is 24.6 Å². The number of aromatic nitrogens is 2. The number of nitrogens with one attached hydrogen (secondary N) is 1. The second kappa shape index (κ2) is 7.09. The summed E-state index contributed by atoms with van der Waals surface area (Å²) < 4.78 is 6.82. The summed E-state index contributed by atoms with van der Waals surface area (Å²) in [5.74, 6) is 1.37. The number of carbonyl (C=O) groups excluding carboxylic acids is 1. The van der Waals surface area contributed by atoms with Gasteiger partial charge < -0.3 is 10.1 Å². The Hall–Kier alpha value is -2.28. The highest BCUT2D eigenvalue weighted by atomic mass is 32.2. The normalized spacial score (nSPS) is 15.8. The highest BCUT2D eigenvalue weighted by molar-refractivity contribution is 7.99. The highest BCUT2D eigenvalue weighted by Gasteiger charge is 2.27. The Morgan fingerprint density at radius 2 is 2.33 bits per heavy atom. The van der Waals surface area contributed by atoms with E-state index in [1.54, 1.807) is 24.8 Å². The van der Waals surface area contributed by atoms with Gasteiger partial charge in [-0.1, -0.05) is 23.9 Å². The summed E-state index contributed by atoms with van der Waals surface area (Å²) in [6.07, 6.45) is 1.86. The van der Waals surface area contributed by atoms with Crippen molar-refractivity contribution in [2.75, 3.05) is 12.9 Å². The van der Waals surface area contributed by atoms with Crippen LogP contribution < -0.4 is 15.6 Å². The molecule has 24 heavy (non-hydrogen) atoms. The number of nitrogens with zero attached hydrogens (tertiary/aromatic N) is 2. The summed E-state index contributed by atoms with van der Waals surface area (Å²) in [4.78, 5) is 28.8. The largest absolute Gasteiger partial charge is 0.497 e. The van der Waals surface area contributed by atoms with Gasteiger partial charge in [0.1, 0.15) is 5.75 Å². The van der Waals surface area contributed by atoms with Gasteiger partial charge in [0.25, 0.3) is 5.56 Å². The Labute approximate surface area is 144 Å². The van der Waals surface area contributed by atoms with Gasteiger partial charge in [-0.3, -0.25) is 14.2 Å². The van der Waals surface area contributed by atoms with Crippen LogP contribution in [0.5, 0.6) is 5.75 Å². The molecule has 0 saturated heterocycles. The van der Waals surface area contributed by atoms with E-state index < -0.39 is 0 Å². The van der Waals surface area contributed by atoms with Crippen molar-refractivity contribution in [2.45, 2.75) is 31.1 Å². The lowest BCUT2D eigenvalue weighted by Crippen LogP contribution is -2.31. The van der Waals surface area contributed by atoms with Crippen LogP contribution >= 0.6 is 11.8 Å². The molecule has 1 N–H and O–H groups in total. The zero-order valence-corrected chi connectivity index (χ0v) is 14.4. The van der Waals surface area contributed by atoms with Crippen LogP contribution in [0.4, 0.5) is 0 Å². The summed E-state index contributed by atoms with van der Waals surface area (Å²) in [6, 6.07) is 7.42. The number of hydrogen-bond acceptors (Lipinski definition) is 5. The molecule has 6 nitrogen and oxygen atoms in total. The maximum atomic E-state index is 12.3. The fourth-order valence-corrected chi connectivity index (χ4v) is 3.75. The number of aryl methyl sites for hydroxylation is 1. The molecule has 1 aromatic heterocycles. The second-order valence-corrected chi connectivity index (χ2v) is 6.68. The van der Waals surface area contributed by atoms with Gasteiger partial charge in [0.05, 0.1) is 13.2 Å². The number of fused-ring (bicyclic) bond motifs is 1. The van der Waals surface area contributed by atoms with Crippen molar-refractivity contribution in [3.8, 4) is 5.75 Å². The molecule has 1 aliphatic rings. The first-order valence-corrected chi connectivity index (χ1v) is 8.67. The fraction of sp³-hybridized carbons (Fsp3) is 0.353. The molecule has 0 bridgehead atoms. The highest BCUT2D eigenvalue weighted by Crippen LogP contribution is 2.31. The average Bonchev–Trinajstić information content (AvgIpc) is 3.00. The Balaban J connectivity index is 1.63. The molecule has 1 aromatic carbocycles. The van der Waals surface area contributed by atoms with E-state index in [4.69, 9.17) is 4.74 Å². The molecule has 3 rings (SSSR count). The SMILES string of the molecule is COc1cccc(CNC(=O)CC2CSc3ncc(C)c(=O)n32)c1. The number of carbonyl (C=O) groups is 1. The number of amides is 1. The number of methoxy groups -OCH3 is 1. The third-order valence-corrected chi connectivity index (χ3v) is 5.06. The fourth-order valence-electron chi connectivity index (χ4n) is 2.64. The van der Waals surface area contributed by atoms with Gasteiger partial charge in [-0.15, -0.1) is 0 Å². The van der Waals surface area contributed by atoms with Crippen LogP contribution in [0, 0.1) is 6.92 Å². The van der Waals surface area contributed by atoms with E-state index in [9.17, 15) is 9.59 Å². The number of benzene rings is 1. The molecule has 2 heterocycles. The van der Waals surface area contributed by atoms with Crippen molar-refractivity contribution in [3.05, 3.63) is 51.9 Å². The van der Waals surface area contributed by atoms with E-state index in [1.165, 1.54) is 11.8 Å². The molecule has 1 amide bonds. The van der Waals surface area contributed by atoms with Gasteiger partial charge in [-0.2, -0.15) is 0 Å². The smallest absolute Gasteiger partial charge is 0.257 e. The van der Waals surface area contributed by atoms with Crippen LogP contribution in [0.25, 0.3) is 0 Å². The Morgan fingerprint density at radius 3 is 3.12 bits per heavy atom. The van der Waals surface area contributed by atoms with Crippen LogP contribution in [-0.4, -0.2) is 28.3 Å². The predicted octanol–water partition coefficient (Wildman–Crippen LogP) is 1.91. The zero-order chi connectivity index (χ0) is 17.1. The van der Waals surface area contributed by atoms with E-state index in [0.717, 1.165) is 11.3 Å². The van der Waals surface area contributed by atoms with Crippen LogP contribution in [-0.2, 0) is 11.3 Å². The third-order valence-electron chi connectivity index (χ3n) is 3.95. The van der Waals surface area contributed by atoms with Crippen molar-refractivity contribution in [1.82, 2.24) is 14.9 Å². The summed E-state index contributed by atoms with van der Waals surface area (Å²) >= 11 is 1.52. The number of rotatable bonds is 5. The quantitative estimate of drug-likeness (QED) is 0.838. The van der Waals surface area contributed by atoms with Gasteiger partial charge in [0.2, 0.25) is 5.91 Å². The molecule has 126 valence electrons. The summed E-state index contributed by atoms with van der Waals surface area (Å²) in [5, 5.41) is 3.59. The maximum absolute atomic E-state index is 12.3. The molecule has 7 heteroatoms. The molecule has 0 radical (unpaired) electrons. The lowest BCUT2D eigenvalue weighted by molar-refractivity contribution is -0.121. The number of hydrogen-bond donors (Lipinski definition) is 1. The molecule has 1 aliphatic heterocycles. The molecular weight excluding hydrogens is 326 g/mol. The minimum Gasteiger partial charge on any atom is -0.497 e. The van der Waals surface area contributed by atoms with E-state index in [2.05, 4.69) is 10.3 Å². The zero-order valence-electron chi connectivity index (χ0n) is 13.6.